The number of fused-ring (bicyclic) bond motifs is 9. The van der Waals surface area contributed by atoms with E-state index in [9.17, 15) is 0 Å². The Morgan fingerprint density at radius 1 is 0.333 bits per heavy atom. The van der Waals surface area contributed by atoms with Gasteiger partial charge in [-0.15, -0.1) is 0 Å². The van der Waals surface area contributed by atoms with Crippen molar-refractivity contribution in [1.29, 1.82) is 0 Å². The van der Waals surface area contributed by atoms with Gasteiger partial charge in [-0.1, -0.05) is 54.6 Å². The first kappa shape index (κ1) is 45.4. The molecule has 3 heterocycles. The summed E-state index contributed by atoms with van der Waals surface area (Å²) in [6, 6.07) is 46.8. The number of hydrogen-bond donors (Lipinski definition) is 0. The van der Waals surface area contributed by atoms with E-state index in [4.69, 9.17) is 33.2 Å². The highest BCUT2D eigenvalue weighted by atomic mass is 16.5. The number of methoxy groups -OCH3 is 1. The zero-order chi connectivity index (χ0) is 45.1. The molecule has 0 amide bonds. The second-order valence-corrected chi connectivity index (χ2v) is 16.3. The molecule has 0 radical (unpaired) electrons. The lowest BCUT2D eigenvalue weighted by Crippen LogP contribution is -2.12. The summed E-state index contributed by atoms with van der Waals surface area (Å²) < 4.78 is 47.0. The molecule has 9 aromatic rings. The molecule has 0 saturated heterocycles. The Bertz CT molecular complexity index is 2870. The predicted molar refractivity (Wildman–Crippen MR) is 268 cm³/mol. The van der Waals surface area contributed by atoms with Crippen LogP contribution in [-0.2, 0) is 52.8 Å². The molecule has 9 rings (SSSR count). The SMILES string of the molecule is CCOCCOCCn1c2ccccc2c2cc(N(c3ccc4c(c3)c3ccccc3n4CCOCCOCC)c3ccc4c(c3)c3ccccc3n4CCOCCOCCOC)ccc21. The third-order valence-corrected chi connectivity index (χ3v) is 12.4. The van der Waals surface area contributed by atoms with E-state index in [2.05, 4.69) is 146 Å². The van der Waals surface area contributed by atoms with Crippen LogP contribution in [-0.4, -0.2) is 107 Å². The Morgan fingerprint density at radius 2 is 0.636 bits per heavy atom. The fourth-order valence-corrected chi connectivity index (χ4v) is 9.37. The number of hydrogen-bond acceptors (Lipinski definition) is 8. The number of benzene rings is 6. The van der Waals surface area contributed by atoms with Crippen LogP contribution in [0.25, 0.3) is 65.4 Å². The summed E-state index contributed by atoms with van der Waals surface area (Å²) in [5, 5.41) is 7.24. The van der Waals surface area contributed by atoms with E-state index in [1.54, 1.807) is 7.11 Å². The lowest BCUT2D eigenvalue weighted by molar-refractivity contribution is 0.0234. The molecule has 0 spiro atoms. The monoisotopic (exact) mass is 890 g/mol. The largest absolute Gasteiger partial charge is 0.382 e. The topological polar surface area (TPSA) is 82.6 Å². The van der Waals surface area contributed by atoms with Crippen molar-refractivity contribution in [2.75, 3.05) is 97.9 Å². The molecule has 66 heavy (non-hydrogen) atoms. The molecule has 6 aromatic carbocycles. The van der Waals surface area contributed by atoms with Crippen LogP contribution in [0.5, 0.6) is 0 Å². The summed E-state index contributed by atoms with van der Waals surface area (Å²) in [6.07, 6.45) is 0. The van der Waals surface area contributed by atoms with Crippen LogP contribution in [0.2, 0.25) is 0 Å². The number of nitrogens with zero attached hydrogens (tertiary/aromatic N) is 4. The van der Waals surface area contributed by atoms with Crippen LogP contribution in [0.4, 0.5) is 17.1 Å². The van der Waals surface area contributed by atoms with Crippen molar-refractivity contribution >= 4 is 82.5 Å². The quantitative estimate of drug-likeness (QED) is 0.0497. The molecule has 0 atom stereocenters. The molecule has 0 unspecified atom stereocenters. The maximum absolute atomic E-state index is 6.06. The van der Waals surface area contributed by atoms with Crippen molar-refractivity contribution < 1.29 is 33.2 Å². The molecule has 344 valence electrons. The number of ether oxygens (including phenoxy) is 7. The van der Waals surface area contributed by atoms with E-state index in [1.165, 1.54) is 65.4 Å². The van der Waals surface area contributed by atoms with Gasteiger partial charge in [-0.25, -0.2) is 0 Å². The average molecular weight is 891 g/mol. The summed E-state index contributed by atoms with van der Waals surface area (Å²) >= 11 is 0. The summed E-state index contributed by atoms with van der Waals surface area (Å²) in [5.41, 5.74) is 10.3. The molecule has 0 saturated carbocycles. The van der Waals surface area contributed by atoms with Gasteiger partial charge in [-0.3, -0.25) is 0 Å². The second kappa shape index (κ2) is 22.2. The van der Waals surface area contributed by atoms with Gasteiger partial charge in [0.05, 0.1) is 72.7 Å². The van der Waals surface area contributed by atoms with E-state index < -0.39 is 0 Å². The number of anilines is 3. The van der Waals surface area contributed by atoms with Crippen molar-refractivity contribution in [2.45, 2.75) is 33.5 Å². The van der Waals surface area contributed by atoms with Gasteiger partial charge in [-0.2, -0.15) is 0 Å². The maximum Gasteiger partial charge on any atom is 0.0701 e. The Labute approximate surface area is 386 Å². The van der Waals surface area contributed by atoms with Gasteiger partial charge in [-0.05, 0) is 86.6 Å². The lowest BCUT2D eigenvalue weighted by atomic mass is 10.1. The van der Waals surface area contributed by atoms with Crippen molar-refractivity contribution in [2.24, 2.45) is 0 Å². The first-order valence-electron chi connectivity index (χ1n) is 23.5. The molecule has 0 fully saturated rings. The highest BCUT2D eigenvalue weighted by Gasteiger charge is 2.21. The van der Waals surface area contributed by atoms with E-state index >= 15 is 0 Å². The zero-order valence-electron chi connectivity index (χ0n) is 38.6. The van der Waals surface area contributed by atoms with Gasteiger partial charge in [0.2, 0.25) is 0 Å². The van der Waals surface area contributed by atoms with Crippen LogP contribution in [0.1, 0.15) is 13.8 Å². The third-order valence-electron chi connectivity index (χ3n) is 12.4. The Kier molecular flexibility index (Phi) is 15.2. The van der Waals surface area contributed by atoms with Gasteiger partial charge in [0.15, 0.2) is 0 Å². The predicted octanol–water partition coefficient (Wildman–Crippen LogP) is 11.3. The van der Waals surface area contributed by atoms with Crippen LogP contribution >= 0.6 is 0 Å². The van der Waals surface area contributed by atoms with Gasteiger partial charge in [0.1, 0.15) is 0 Å². The second-order valence-electron chi connectivity index (χ2n) is 16.3. The molecule has 11 heteroatoms. The highest BCUT2D eigenvalue weighted by molar-refractivity contribution is 6.13. The molecule has 0 aliphatic carbocycles. The van der Waals surface area contributed by atoms with E-state index in [-0.39, 0.29) is 0 Å². The van der Waals surface area contributed by atoms with Gasteiger partial charge >= 0.3 is 0 Å². The van der Waals surface area contributed by atoms with E-state index in [0.29, 0.717) is 85.9 Å². The summed E-state index contributed by atoms with van der Waals surface area (Å²) in [4.78, 5) is 2.42. The highest BCUT2D eigenvalue weighted by Crippen LogP contribution is 2.43. The standard InChI is InChI=1S/C55H62N4O7/c1-4-61-32-34-63-27-24-56-50-15-9-6-12-44(50)47-38-41(18-21-53(47)56)59(42-19-22-54-48(39-42)45-13-7-10-16-51(45)57(54)25-28-64-35-33-62-5-2)43-20-23-55-49(40-43)46-14-8-11-17-52(46)58(55)26-29-65-36-37-66-31-30-60-3/h6-23,38-40H,4-5,24-37H2,1-3H3. The van der Waals surface area contributed by atoms with Crippen molar-refractivity contribution in [3.05, 3.63) is 127 Å². The fraction of sp³-hybridized carbons (Fsp3) is 0.345. The summed E-state index contributed by atoms with van der Waals surface area (Å²) in [6.45, 7) is 14.0. The molecule has 0 aliphatic heterocycles. The minimum Gasteiger partial charge on any atom is -0.382 e. The van der Waals surface area contributed by atoms with E-state index in [0.717, 1.165) is 36.7 Å². The Hall–Kier alpha value is -5.76. The fourth-order valence-electron chi connectivity index (χ4n) is 9.37. The normalized spacial score (nSPS) is 12.0. The van der Waals surface area contributed by atoms with Crippen LogP contribution in [0.15, 0.2) is 127 Å². The number of para-hydroxylation sites is 3. The molecular formula is C55H62N4O7. The molecule has 11 nitrogen and oxygen atoms in total. The van der Waals surface area contributed by atoms with Crippen LogP contribution < -0.4 is 4.90 Å². The number of aromatic nitrogens is 3. The Morgan fingerprint density at radius 3 is 0.985 bits per heavy atom. The summed E-state index contributed by atoms with van der Waals surface area (Å²) in [7, 11) is 1.68. The van der Waals surface area contributed by atoms with Gasteiger partial charge in [0, 0.05) is 122 Å². The Balaban J connectivity index is 1.12. The summed E-state index contributed by atoms with van der Waals surface area (Å²) in [5.74, 6) is 0. The smallest absolute Gasteiger partial charge is 0.0701 e. The lowest BCUT2D eigenvalue weighted by Gasteiger charge is -2.26. The number of rotatable bonds is 26. The molecule has 0 bridgehead atoms. The molecule has 0 aliphatic rings. The maximum atomic E-state index is 6.06. The van der Waals surface area contributed by atoms with Gasteiger partial charge < -0.3 is 51.8 Å². The first-order valence-corrected chi connectivity index (χ1v) is 23.5. The first-order chi connectivity index (χ1) is 32.7. The van der Waals surface area contributed by atoms with Crippen molar-refractivity contribution in [3.8, 4) is 0 Å². The van der Waals surface area contributed by atoms with E-state index in [1.807, 2.05) is 13.8 Å². The van der Waals surface area contributed by atoms with Crippen LogP contribution in [0.3, 0.4) is 0 Å². The average Bonchev–Trinajstić information content (AvgIpc) is 3.96. The minimum atomic E-state index is 0.538. The van der Waals surface area contributed by atoms with Crippen LogP contribution in [0, 0.1) is 0 Å². The molecular weight excluding hydrogens is 829 g/mol. The van der Waals surface area contributed by atoms with Crippen molar-refractivity contribution in [3.63, 3.8) is 0 Å². The molecule has 0 N–H and O–H groups in total. The zero-order valence-corrected chi connectivity index (χ0v) is 38.6. The van der Waals surface area contributed by atoms with Gasteiger partial charge in [0.25, 0.3) is 0 Å². The molecule has 3 aromatic heterocycles. The van der Waals surface area contributed by atoms with Crippen molar-refractivity contribution in [1.82, 2.24) is 13.7 Å². The minimum absolute atomic E-state index is 0.538. The third kappa shape index (κ3) is 9.70.